The van der Waals surface area contributed by atoms with E-state index < -0.39 is 53.0 Å². The van der Waals surface area contributed by atoms with Gasteiger partial charge in [0.2, 0.25) is 11.8 Å². The zero-order valence-electron chi connectivity index (χ0n) is 32.8. The van der Waals surface area contributed by atoms with Gasteiger partial charge in [-0.05, 0) is 74.8 Å². The van der Waals surface area contributed by atoms with E-state index in [1.165, 1.54) is 22.7 Å². The first-order valence-electron chi connectivity index (χ1n) is 19.4. The molecule has 16 heteroatoms. The third kappa shape index (κ3) is 8.07. The molecule has 302 valence electrons. The maximum Gasteiger partial charge on any atom is 0.408 e. The summed E-state index contributed by atoms with van der Waals surface area (Å²) in [6.45, 7) is 11.4. The number of rotatable bonds is 13. The molecule has 1 saturated heterocycles. The molecule has 56 heavy (non-hydrogen) atoms. The summed E-state index contributed by atoms with van der Waals surface area (Å²) in [4.78, 5) is 65.5. The van der Waals surface area contributed by atoms with E-state index in [2.05, 4.69) is 16.0 Å². The summed E-state index contributed by atoms with van der Waals surface area (Å²) < 4.78 is 18.4. The van der Waals surface area contributed by atoms with Crippen molar-refractivity contribution in [2.24, 2.45) is 23.2 Å². The third-order valence-electron chi connectivity index (χ3n) is 11.5. The molecule has 4 fully saturated rings. The number of thiazole rings is 1. The molecule has 4 N–H and O–H groups in total. The van der Waals surface area contributed by atoms with Crippen LogP contribution < -0.4 is 25.4 Å². The highest BCUT2D eigenvalue weighted by atomic mass is 35.5. The van der Waals surface area contributed by atoms with E-state index in [0.29, 0.717) is 67.9 Å². The van der Waals surface area contributed by atoms with Crippen LogP contribution in [0.3, 0.4) is 0 Å². The topological polar surface area (TPSA) is 181 Å². The molecular formula is C40H51ClN6O8S. The number of aromatic nitrogens is 2. The summed E-state index contributed by atoms with van der Waals surface area (Å²) in [6, 6.07) is 5.12. The number of amides is 3. The quantitative estimate of drug-likeness (QED) is 0.148. The van der Waals surface area contributed by atoms with Crippen molar-refractivity contribution in [3.8, 4) is 22.9 Å². The van der Waals surface area contributed by atoms with Crippen LogP contribution in [0.4, 0.5) is 9.93 Å². The predicted octanol–water partition coefficient (Wildman–Crippen LogP) is 6.50. The number of carboxylic acids is 1. The normalized spacial score (nSPS) is 27.1. The fourth-order valence-electron chi connectivity index (χ4n) is 8.31. The van der Waals surface area contributed by atoms with Crippen LogP contribution in [0.2, 0.25) is 4.34 Å². The second-order valence-corrected chi connectivity index (χ2v) is 18.7. The van der Waals surface area contributed by atoms with Crippen molar-refractivity contribution >= 4 is 62.8 Å². The monoisotopic (exact) mass is 810 g/mol. The van der Waals surface area contributed by atoms with Crippen LogP contribution in [0.1, 0.15) is 80.1 Å². The number of likely N-dealkylation sites (tertiary alicyclic amines) is 1. The Morgan fingerprint density at radius 3 is 2.43 bits per heavy atom. The third-order valence-corrected chi connectivity index (χ3v) is 12.7. The molecule has 7 rings (SSSR count). The first-order valence-corrected chi connectivity index (χ1v) is 20.6. The number of nitrogens with one attached hydrogen (secondary N) is 3. The molecule has 3 aliphatic carbocycles. The molecule has 2 aromatic heterocycles. The lowest BCUT2D eigenvalue weighted by Gasteiger charge is -2.35. The van der Waals surface area contributed by atoms with Crippen LogP contribution in [-0.2, 0) is 19.1 Å². The van der Waals surface area contributed by atoms with Gasteiger partial charge in [0, 0.05) is 30.0 Å². The van der Waals surface area contributed by atoms with Crippen LogP contribution >= 0.6 is 22.9 Å². The number of methoxy groups -OCH3 is 1. The Hall–Kier alpha value is -4.37. The number of hydrogen-bond donors (Lipinski definition) is 4. The molecule has 1 aromatic carbocycles. The van der Waals surface area contributed by atoms with Gasteiger partial charge in [-0.3, -0.25) is 9.59 Å². The number of anilines is 1. The number of aliphatic carboxylic acids is 1. The first-order chi connectivity index (χ1) is 26.5. The fraction of sp³-hybridized carbons (Fsp3) is 0.600. The van der Waals surface area contributed by atoms with E-state index in [9.17, 15) is 24.3 Å². The number of nitrogens with zero attached hydrogens (tertiary/aromatic N) is 3. The number of carbonyl (C=O) groups is 4. The highest BCUT2D eigenvalue weighted by molar-refractivity contribution is 7.20. The van der Waals surface area contributed by atoms with Crippen molar-refractivity contribution in [1.82, 2.24) is 25.5 Å². The van der Waals surface area contributed by atoms with Gasteiger partial charge in [-0.2, -0.15) is 0 Å². The number of halogens is 1. The highest BCUT2D eigenvalue weighted by Crippen LogP contribution is 2.52. The Morgan fingerprint density at radius 1 is 1.07 bits per heavy atom. The number of carboxylic acid groups (broad SMARTS) is 1. The van der Waals surface area contributed by atoms with Gasteiger partial charge < -0.3 is 40.2 Å². The number of pyridine rings is 1. The molecule has 14 nitrogen and oxygen atoms in total. The standard InChI is InChI=1S/C40H51ClN6O8S/c1-8-22-17-40(22,36(50)51)46-34(48)29-15-25(18-47(29)35(49)32(39(4,5)6)45-38(52)55-24-12-20-11-21(20)13-24)54-30-16-28(31-33(41)56-37(44-31)42-19(2)3)43-27-14-23(53-7)9-10-26(27)30/h9-10,14,16,19-22,24-25,29,32H,8,11-13,15,17-18H2,1-7H3,(H,42,44)(H,45,52)(H,46,48)(H,50,51)/t20-,21+,22-,24+,25-,29+,32-,40-/m1/s1. The Balaban J connectivity index is 1.20. The molecule has 3 amide bonds. The predicted molar refractivity (Wildman–Crippen MR) is 212 cm³/mol. The molecular weight excluding hydrogens is 760 g/mol. The number of carbonyl (C=O) groups excluding carboxylic acids is 3. The lowest BCUT2D eigenvalue weighted by Crippen LogP contribution is -2.59. The van der Waals surface area contributed by atoms with E-state index in [4.69, 9.17) is 35.8 Å². The highest BCUT2D eigenvalue weighted by Gasteiger charge is 2.61. The maximum absolute atomic E-state index is 14.7. The van der Waals surface area contributed by atoms with Crippen LogP contribution in [-0.4, -0.2) is 93.4 Å². The molecule has 3 heterocycles. The van der Waals surface area contributed by atoms with Gasteiger partial charge in [-0.25, -0.2) is 19.6 Å². The van der Waals surface area contributed by atoms with E-state index in [0.717, 1.165) is 12.8 Å². The zero-order valence-corrected chi connectivity index (χ0v) is 34.4. The van der Waals surface area contributed by atoms with Gasteiger partial charge in [-0.1, -0.05) is 57.1 Å². The van der Waals surface area contributed by atoms with Gasteiger partial charge in [0.1, 0.15) is 51.4 Å². The Labute approximate surface area is 335 Å². The van der Waals surface area contributed by atoms with Gasteiger partial charge in [0.05, 0.1) is 24.9 Å². The van der Waals surface area contributed by atoms with Crippen molar-refractivity contribution in [1.29, 1.82) is 0 Å². The lowest BCUT2D eigenvalue weighted by atomic mass is 9.85. The molecule has 0 radical (unpaired) electrons. The summed E-state index contributed by atoms with van der Waals surface area (Å²) in [6.07, 6.45) is 2.19. The van der Waals surface area contributed by atoms with Gasteiger partial charge in [0.15, 0.2) is 5.13 Å². The van der Waals surface area contributed by atoms with Gasteiger partial charge >= 0.3 is 12.1 Å². The van der Waals surface area contributed by atoms with Crippen LogP contribution in [0.5, 0.6) is 11.5 Å². The van der Waals surface area contributed by atoms with Crippen LogP contribution in [0.15, 0.2) is 24.3 Å². The van der Waals surface area contributed by atoms with E-state index in [-0.39, 0.29) is 31.0 Å². The van der Waals surface area contributed by atoms with Crippen LogP contribution in [0.25, 0.3) is 22.3 Å². The summed E-state index contributed by atoms with van der Waals surface area (Å²) in [5, 5.41) is 20.4. The van der Waals surface area contributed by atoms with Gasteiger partial charge in [0.25, 0.3) is 0 Å². The average Bonchev–Trinajstić information content (AvgIpc) is 3.86. The lowest BCUT2D eigenvalue weighted by molar-refractivity contribution is -0.146. The Kier molecular flexibility index (Phi) is 10.8. The number of fused-ring (bicyclic) bond motifs is 2. The molecule has 0 spiro atoms. The number of ether oxygens (including phenoxy) is 3. The smallest absolute Gasteiger partial charge is 0.408 e. The summed E-state index contributed by atoms with van der Waals surface area (Å²) >= 11 is 8.00. The molecule has 4 aliphatic rings. The molecule has 0 unspecified atom stereocenters. The minimum Gasteiger partial charge on any atom is -0.497 e. The maximum atomic E-state index is 14.7. The summed E-state index contributed by atoms with van der Waals surface area (Å²) in [5.41, 5.74) is -0.706. The minimum atomic E-state index is -1.40. The van der Waals surface area contributed by atoms with Crippen molar-refractivity contribution in [2.75, 3.05) is 19.0 Å². The second-order valence-electron chi connectivity index (χ2n) is 17.1. The molecule has 1 aliphatic heterocycles. The van der Waals surface area contributed by atoms with E-state index in [1.54, 1.807) is 25.3 Å². The Morgan fingerprint density at radius 2 is 1.80 bits per heavy atom. The van der Waals surface area contributed by atoms with Crippen molar-refractivity contribution in [3.05, 3.63) is 28.6 Å². The average molecular weight is 811 g/mol. The van der Waals surface area contributed by atoms with Gasteiger partial charge in [-0.15, -0.1) is 0 Å². The first kappa shape index (κ1) is 39.8. The van der Waals surface area contributed by atoms with E-state index in [1.807, 2.05) is 47.6 Å². The Bertz CT molecular complexity index is 2030. The van der Waals surface area contributed by atoms with Crippen molar-refractivity contribution in [3.63, 3.8) is 0 Å². The minimum absolute atomic E-state index is 0.0152. The molecule has 0 bridgehead atoms. The number of alkyl carbamates (subject to hydrolysis) is 1. The van der Waals surface area contributed by atoms with Crippen molar-refractivity contribution in [2.45, 2.75) is 116 Å². The summed E-state index contributed by atoms with van der Waals surface area (Å²) in [7, 11) is 1.56. The number of hydrogen-bond acceptors (Lipinski definition) is 11. The SMILES string of the molecule is CC[C@@H]1C[C@]1(NC(=O)[C@@H]1C[C@@H](Oc2cc(-c3nc(NC(C)C)sc3Cl)nc3cc(OC)ccc23)CN1C(=O)[C@@H](NC(=O)O[C@@H]1C[C@@H]2C[C@@H]2C1)C(C)(C)C)C(=O)O. The van der Waals surface area contributed by atoms with Crippen LogP contribution in [0, 0.1) is 23.2 Å². The van der Waals surface area contributed by atoms with Crippen molar-refractivity contribution < 1.29 is 38.5 Å². The second kappa shape index (κ2) is 15.2. The zero-order chi connectivity index (χ0) is 40.3. The molecule has 8 atom stereocenters. The fourth-order valence-corrected chi connectivity index (χ4v) is 9.52. The summed E-state index contributed by atoms with van der Waals surface area (Å²) in [5.74, 6) is -0.205. The largest absolute Gasteiger partial charge is 0.497 e. The van der Waals surface area contributed by atoms with E-state index >= 15 is 0 Å². The number of benzene rings is 1. The molecule has 3 saturated carbocycles. The molecule has 3 aromatic rings.